The summed E-state index contributed by atoms with van der Waals surface area (Å²) in [6, 6.07) is 6.36. The minimum Gasteiger partial charge on any atom is -0.434 e. The van der Waals surface area contributed by atoms with Crippen LogP contribution in [0.1, 0.15) is 38.9 Å². The summed E-state index contributed by atoms with van der Waals surface area (Å²) in [4.78, 5) is 20.8. The van der Waals surface area contributed by atoms with E-state index < -0.39 is 6.61 Å². The number of carbonyl (C=O) groups is 1. The second-order valence-corrected chi connectivity index (χ2v) is 8.08. The number of nitrogens with zero attached hydrogens (tertiary/aromatic N) is 3. The molecule has 0 spiro atoms. The monoisotopic (exact) mass is 422 g/mol. The first-order valence-electron chi connectivity index (χ1n) is 8.85. The van der Waals surface area contributed by atoms with Gasteiger partial charge in [-0.05, 0) is 12.1 Å². The lowest BCUT2D eigenvalue weighted by molar-refractivity contribution is -0.116. The summed E-state index contributed by atoms with van der Waals surface area (Å²) in [6.45, 7) is 2.98. The summed E-state index contributed by atoms with van der Waals surface area (Å²) >= 11 is 1.19. The standard InChI is InChI=1S/C19H20F2N4O3S/c1-19(2,3)16-24-15(28-25-16)9-8-14(26)23-18-22-12(10-29-18)11-6-4-5-7-13(11)27-17(20)21/h4-7,10,17H,8-9H2,1-3H3,(H,22,23,26). The first kappa shape index (κ1) is 20.8. The van der Waals surface area contributed by atoms with Crippen LogP contribution >= 0.6 is 11.3 Å². The Labute approximate surface area is 170 Å². The van der Waals surface area contributed by atoms with E-state index in [0.29, 0.717) is 34.5 Å². The number of carbonyl (C=O) groups excluding carboxylic acids is 1. The van der Waals surface area contributed by atoms with E-state index in [-0.39, 0.29) is 23.5 Å². The molecular weight excluding hydrogens is 402 g/mol. The predicted molar refractivity (Wildman–Crippen MR) is 104 cm³/mol. The fraction of sp³-hybridized carbons (Fsp3) is 0.368. The van der Waals surface area contributed by atoms with Crippen molar-refractivity contribution in [3.63, 3.8) is 0 Å². The largest absolute Gasteiger partial charge is 0.434 e. The SMILES string of the molecule is CC(C)(C)c1noc(CCC(=O)Nc2nc(-c3ccccc3OC(F)F)cs2)n1. The van der Waals surface area contributed by atoms with Crippen molar-refractivity contribution >= 4 is 22.4 Å². The van der Waals surface area contributed by atoms with E-state index in [0.717, 1.165) is 0 Å². The molecule has 1 aromatic carbocycles. The Morgan fingerprint density at radius 3 is 2.72 bits per heavy atom. The molecule has 0 atom stereocenters. The van der Waals surface area contributed by atoms with Gasteiger partial charge in [0, 0.05) is 29.2 Å². The molecule has 7 nitrogen and oxygen atoms in total. The Bertz CT molecular complexity index is 982. The number of ether oxygens (including phenoxy) is 1. The van der Waals surface area contributed by atoms with Gasteiger partial charge in [0.1, 0.15) is 5.75 Å². The van der Waals surface area contributed by atoms with Crippen molar-refractivity contribution in [1.82, 2.24) is 15.1 Å². The Kier molecular flexibility index (Phi) is 6.21. The summed E-state index contributed by atoms with van der Waals surface area (Å²) < 4.78 is 34.8. The fourth-order valence-corrected chi connectivity index (χ4v) is 3.12. The Morgan fingerprint density at radius 1 is 1.28 bits per heavy atom. The minimum atomic E-state index is -2.93. The summed E-state index contributed by atoms with van der Waals surface area (Å²) in [7, 11) is 0. The van der Waals surface area contributed by atoms with Crippen LogP contribution in [0.15, 0.2) is 34.2 Å². The van der Waals surface area contributed by atoms with Gasteiger partial charge in [0.25, 0.3) is 0 Å². The van der Waals surface area contributed by atoms with Gasteiger partial charge >= 0.3 is 6.61 Å². The third-order valence-electron chi connectivity index (χ3n) is 3.83. The predicted octanol–water partition coefficient (Wildman–Crippen LogP) is 4.66. The highest BCUT2D eigenvalue weighted by molar-refractivity contribution is 7.14. The van der Waals surface area contributed by atoms with E-state index >= 15 is 0 Å². The van der Waals surface area contributed by atoms with Crippen LogP contribution in [0.5, 0.6) is 5.75 Å². The van der Waals surface area contributed by atoms with Crippen molar-refractivity contribution < 1.29 is 22.8 Å². The summed E-state index contributed by atoms with van der Waals surface area (Å²) in [5, 5.41) is 8.63. The lowest BCUT2D eigenvalue weighted by atomic mass is 9.96. The highest BCUT2D eigenvalue weighted by Gasteiger charge is 2.21. The van der Waals surface area contributed by atoms with Crippen molar-refractivity contribution in [2.45, 2.75) is 45.6 Å². The van der Waals surface area contributed by atoms with Gasteiger partial charge in [-0.3, -0.25) is 4.79 Å². The second-order valence-electron chi connectivity index (χ2n) is 7.22. The molecule has 2 aromatic heterocycles. The molecule has 0 radical (unpaired) electrons. The molecule has 3 aromatic rings. The van der Waals surface area contributed by atoms with Gasteiger partial charge < -0.3 is 14.6 Å². The van der Waals surface area contributed by atoms with E-state index in [1.165, 1.54) is 17.4 Å². The zero-order chi connectivity index (χ0) is 21.0. The van der Waals surface area contributed by atoms with Crippen LogP contribution in [0, 0.1) is 0 Å². The quantitative estimate of drug-likeness (QED) is 0.595. The molecular formula is C19H20F2N4O3S. The number of rotatable bonds is 7. The van der Waals surface area contributed by atoms with Gasteiger partial charge in [-0.2, -0.15) is 13.8 Å². The average Bonchev–Trinajstić information content (AvgIpc) is 3.29. The van der Waals surface area contributed by atoms with Crippen LogP contribution in [-0.4, -0.2) is 27.6 Å². The zero-order valence-electron chi connectivity index (χ0n) is 16.1. The fourth-order valence-electron chi connectivity index (χ4n) is 2.40. The summed E-state index contributed by atoms with van der Waals surface area (Å²) in [6.07, 6.45) is 0.448. The number of halogens is 2. The minimum absolute atomic E-state index is 0.0247. The summed E-state index contributed by atoms with van der Waals surface area (Å²) in [5.74, 6) is 0.736. The van der Waals surface area contributed by atoms with Gasteiger partial charge in [-0.1, -0.05) is 38.1 Å². The molecule has 0 aliphatic rings. The number of hydrogen-bond acceptors (Lipinski definition) is 7. The number of anilines is 1. The summed E-state index contributed by atoms with van der Waals surface area (Å²) in [5.41, 5.74) is 0.629. The highest BCUT2D eigenvalue weighted by atomic mass is 32.1. The number of benzene rings is 1. The number of aromatic nitrogens is 3. The number of alkyl halides is 2. The second kappa shape index (κ2) is 8.64. The van der Waals surface area contributed by atoms with Crippen molar-refractivity contribution in [2.75, 3.05) is 5.32 Å². The van der Waals surface area contributed by atoms with E-state index in [4.69, 9.17) is 4.52 Å². The van der Waals surface area contributed by atoms with Crippen LogP contribution in [0.25, 0.3) is 11.3 Å². The molecule has 29 heavy (non-hydrogen) atoms. The molecule has 1 amide bonds. The van der Waals surface area contributed by atoms with Gasteiger partial charge in [-0.25, -0.2) is 4.98 Å². The molecule has 0 aliphatic heterocycles. The van der Waals surface area contributed by atoms with Crippen molar-refractivity contribution in [3.8, 4) is 17.0 Å². The molecule has 3 rings (SSSR count). The molecule has 0 bridgehead atoms. The van der Waals surface area contributed by atoms with Crippen molar-refractivity contribution in [3.05, 3.63) is 41.4 Å². The third kappa shape index (κ3) is 5.57. The normalized spacial score (nSPS) is 11.7. The molecule has 0 unspecified atom stereocenters. The van der Waals surface area contributed by atoms with Crippen LogP contribution in [0.4, 0.5) is 13.9 Å². The Morgan fingerprint density at radius 2 is 2.03 bits per heavy atom. The maximum atomic E-state index is 12.6. The van der Waals surface area contributed by atoms with Gasteiger partial charge in [0.05, 0.1) is 5.69 Å². The average molecular weight is 422 g/mol. The number of nitrogens with one attached hydrogen (secondary N) is 1. The van der Waals surface area contributed by atoms with E-state index in [9.17, 15) is 13.6 Å². The number of aryl methyl sites for hydroxylation is 1. The first-order chi connectivity index (χ1) is 13.7. The lowest BCUT2D eigenvalue weighted by Gasteiger charge is -2.10. The number of hydrogen-bond donors (Lipinski definition) is 1. The number of amides is 1. The Balaban J connectivity index is 1.60. The highest BCUT2D eigenvalue weighted by Crippen LogP contribution is 2.33. The smallest absolute Gasteiger partial charge is 0.387 e. The van der Waals surface area contributed by atoms with Crippen LogP contribution in [0.2, 0.25) is 0 Å². The van der Waals surface area contributed by atoms with Gasteiger partial charge in [0.15, 0.2) is 11.0 Å². The van der Waals surface area contributed by atoms with Gasteiger partial charge in [-0.15, -0.1) is 11.3 Å². The van der Waals surface area contributed by atoms with Crippen molar-refractivity contribution in [1.29, 1.82) is 0 Å². The van der Waals surface area contributed by atoms with E-state index in [2.05, 4.69) is 25.2 Å². The molecule has 0 aliphatic carbocycles. The van der Waals surface area contributed by atoms with E-state index in [1.807, 2.05) is 20.8 Å². The van der Waals surface area contributed by atoms with Gasteiger partial charge in [0.2, 0.25) is 11.8 Å². The maximum absolute atomic E-state index is 12.6. The third-order valence-corrected chi connectivity index (χ3v) is 4.59. The molecule has 10 heteroatoms. The molecule has 2 heterocycles. The number of thiazole rings is 1. The molecule has 1 N–H and O–H groups in total. The maximum Gasteiger partial charge on any atom is 0.387 e. The zero-order valence-corrected chi connectivity index (χ0v) is 16.9. The van der Waals surface area contributed by atoms with E-state index in [1.54, 1.807) is 23.6 Å². The number of para-hydroxylation sites is 1. The molecule has 0 saturated heterocycles. The van der Waals surface area contributed by atoms with Crippen LogP contribution < -0.4 is 10.1 Å². The molecule has 154 valence electrons. The van der Waals surface area contributed by atoms with Crippen molar-refractivity contribution in [2.24, 2.45) is 0 Å². The van der Waals surface area contributed by atoms with Crippen LogP contribution in [-0.2, 0) is 16.6 Å². The topological polar surface area (TPSA) is 90.1 Å². The first-order valence-corrected chi connectivity index (χ1v) is 9.73. The molecule has 0 fully saturated rings. The Hall–Kier alpha value is -2.88. The molecule has 0 saturated carbocycles. The lowest BCUT2D eigenvalue weighted by Crippen LogP contribution is -2.14. The van der Waals surface area contributed by atoms with Crippen LogP contribution in [0.3, 0.4) is 0 Å².